The molecule has 4 nitrogen and oxygen atoms in total. The lowest BCUT2D eigenvalue weighted by Gasteiger charge is -2.19. The van der Waals surface area contributed by atoms with Crippen molar-refractivity contribution >= 4 is 11.6 Å². The maximum atomic E-state index is 11.7. The van der Waals surface area contributed by atoms with Crippen molar-refractivity contribution in [3.63, 3.8) is 0 Å². The van der Waals surface area contributed by atoms with Gasteiger partial charge >= 0.3 is 0 Å². The smallest absolute Gasteiger partial charge is 0.250 e. The maximum absolute atomic E-state index is 11.7. The third-order valence-corrected chi connectivity index (χ3v) is 3.47. The molecule has 0 fully saturated rings. The minimum Gasteiger partial charge on any atom is -0.508 e. The molecule has 2 aromatic carbocycles. The Morgan fingerprint density at radius 2 is 1.95 bits per heavy atom. The zero-order valence-electron chi connectivity index (χ0n) is 12.4. The summed E-state index contributed by atoms with van der Waals surface area (Å²) in [5.74, 6) is -0.280. The van der Waals surface area contributed by atoms with Gasteiger partial charge in [0.25, 0.3) is 0 Å². The number of rotatable bonds is 5. The number of aromatic hydroxyl groups is 1. The second kappa shape index (κ2) is 6.91. The molecule has 2 aromatic rings. The SMILES string of the molecule is C=CC(=O)N(C)c1cc(O)cc(C(O)Cc2ccccc2)c1. The van der Waals surface area contributed by atoms with Gasteiger partial charge in [-0.25, -0.2) is 0 Å². The molecule has 1 unspecified atom stereocenters. The maximum Gasteiger partial charge on any atom is 0.250 e. The van der Waals surface area contributed by atoms with Gasteiger partial charge in [-0.15, -0.1) is 0 Å². The van der Waals surface area contributed by atoms with Crippen molar-refractivity contribution in [2.75, 3.05) is 11.9 Å². The van der Waals surface area contributed by atoms with Crippen molar-refractivity contribution in [1.82, 2.24) is 0 Å². The van der Waals surface area contributed by atoms with Gasteiger partial charge in [0, 0.05) is 25.2 Å². The van der Waals surface area contributed by atoms with Crippen LogP contribution in [0.1, 0.15) is 17.2 Å². The van der Waals surface area contributed by atoms with Gasteiger partial charge < -0.3 is 15.1 Å². The molecule has 1 atom stereocenters. The molecule has 2 N–H and O–H groups in total. The topological polar surface area (TPSA) is 60.8 Å². The standard InChI is InChI=1S/C18H19NO3/c1-3-18(22)19(2)15-10-14(11-16(20)12-15)17(21)9-13-7-5-4-6-8-13/h3-8,10-12,17,20-21H,1,9H2,2H3. The van der Waals surface area contributed by atoms with Crippen LogP contribution in [-0.2, 0) is 11.2 Å². The Morgan fingerprint density at radius 3 is 2.59 bits per heavy atom. The second-order valence-corrected chi connectivity index (χ2v) is 5.09. The number of amides is 1. The van der Waals surface area contributed by atoms with Gasteiger partial charge in [0.1, 0.15) is 5.75 Å². The van der Waals surface area contributed by atoms with Crippen LogP contribution >= 0.6 is 0 Å². The van der Waals surface area contributed by atoms with Gasteiger partial charge in [-0.2, -0.15) is 0 Å². The molecule has 0 spiro atoms. The van der Waals surface area contributed by atoms with Crippen molar-refractivity contribution in [2.24, 2.45) is 0 Å². The fourth-order valence-corrected chi connectivity index (χ4v) is 2.22. The molecule has 1 amide bonds. The number of hydrogen-bond donors (Lipinski definition) is 2. The summed E-state index contributed by atoms with van der Waals surface area (Å²) < 4.78 is 0. The number of phenolic OH excluding ortho intramolecular Hbond substituents is 1. The van der Waals surface area contributed by atoms with Gasteiger partial charge in [0.05, 0.1) is 6.10 Å². The molecule has 0 radical (unpaired) electrons. The van der Waals surface area contributed by atoms with E-state index in [2.05, 4.69) is 6.58 Å². The first-order valence-corrected chi connectivity index (χ1v) is 6.97. The van der Waals surface area contributed by atoms with Crippen LogP contribution in [0.25, 0.3) is 0 Å². The highest BCUT2D eigenvalue weighted by atomic mass is 16.3. The number of phenols is 1. The molecule has 22 heavy (non-hydrogen) atoms. The van der Waals surface area contributed by atoms with Crippen molar-refractivity contribution in [2.45, 2.75) is 12.5 Å². The predicted molar refractivity (Wildman–Crippen MR) is 86.8 cm³/mol. The summed E-state index contributed by atoms with van der Waals surface area (Å²) in [5, 5.41) is 20.2. The number of aliphatic hydroxyl groups is 1. The number of carbonyl (C=O) groups excluding carboxylic acids is 1. The van der Waals surface area contributed by atoms with E-state index in [-0.39, 0.29) is 11.7 Å². The highest BCUT2D eigenvalue weighted by molar-refractivity contribution is 6.00. The van der Waals surface area contributed by atoms with Gasteiger partial charge in [-0.05, 0) is 29.3 Å². The van der Waals surface area contributed by atoms with Gasteiger partial charge in [-0.1, -0.05) is 36.9 Å². The summed E-state index contributed by atoms with van der Waals surface area (Å²) in [5.41, 5.74) is 2.06. The van der Waals surface area contributed by atoms with Crippen LogP contribution in [-0.4, -0.2) is 23.2 Å². The minimum absolute atomic E-state index is 0.00308. The number of benzene rings is 2. The van der Waals surface area contributed by atoms with Crippen LogP contribution in [0.3, 0.4) is 0 Å². The van der Waals surface area contributed by atoms with Gasteiger partial charge in [0.2, 0.25) is 5.91 Å². The number of anilines is 1. The lowest BCUT2D eigenvalue weighted by atomic mass is 10.0. The van der Waals surface area contributed by atoms with Crippen molar-refractivity contribution in [3.05, 3.63) is 72.3 Å². The Bertz CT molecular complexity index is 667. The number of nitrogens with zero attached hydrogens (tertiary/aromatic N) is 1. The number of likely N-dealkylation sites (N-methyl/N-ethyl adjacent to an activating group) is 1. The lowest BCUT2D eigenvalue weighted by Crippen LogP contribution is -2.23. The monoisotopic (exact) mass is 297 g/mol. The first-order valence-electron chi connectivity index (χ1n) is 6.97. The molecule has 0 aliphatic heterocycles. The third-order valence-electron chi connectivity index (χ3n) is 3.47. The Kier molecular flexibility index (Phi) is 4.96. The number of hydrogen-bond acceptors (Lipinski definition) is 3. The van der Waals surface area contributed by atoms with Crippen molar-refractivity contribution in [1.29, 1.82) is 0 Å². The van der Waals surface area contributed by atoms with Crippen LogP contribution in [0, 0.1) is 0 Å². The summed E-state index contributed by atoms with van der Waals surface area (Å²) >= 11 is 0. The van der Waals surface area contributed by atoms with E-state index in [0.717, 1.165) is 5.56 Å². The van der Waals surface area contributed by atoms with Gasteiger partial charge in [0.15, 0.2) is 0 Å². The molecule has 0 aliphatic carbocycles. The normalized spacial score (nSPS) is 11.7. The summed E-state index contributed by atoms with van der Waals surface area (Å²) in [6.07, 6.45) is 0.868. The first kappa shape index (κ1) is 15.8. The predicted octanol–water partition coefficient (Wildman–Crippen LogP) is 2.82. The number of aliphatic hydroxyl groups excluding tert-OH is 1. The summed E-state index contributed by atoms with van der Waals surface area (Å²) in [4.78, 5) is 13.0. The van der Waals surface area contributed by atoms with Crippen LogP contribution in [0.15, 0.2) is 61.2 Å². The zero-order chi connectivity index (χ0) is 16.1. The minimum atomic E-state index is -0.763. The van der Waals surface area contributed by atoms with Gasteiger partial charge in [-0.3, -0.25) is 4.79 Å². The average molecular weight is 297 g/mol. The Balaban J connectivity index is 2.25. The molecule has 0 bridgehead atoms. The van der Waals surface area contributed by atoms with E-state index >= 15 is 0 Å². The lowest BCUT2D eigenvalue weighted by molar-refractivity contribution is -0.113. The Hall–Kier alpha value is -2.59. The molecule has 0 heterocycles. The van der Waals surface area contributed by atoms with E-state index in [0.29, 0.717) is 17.7 Å². The average Bonchev–Trinajstić information content (AvgIpc) is 2.53. The van der Waals surface area contributed by atoms with Crippen molar-refractivity contribution in [3.8, 4) is 5.75 Å². The molecule has 0 saturated heterocycles. The Labute approximate surface area is 129 Å². The van der Waals surface area contributed by atoms with E-state index in [1.54, 1.807) is 13.1 Å². The molecule has 0 aromatic heterocycles. The van der Waals surface area contributed by atoms with E-state index in [9.17, 15) is 15.0 Å². The first-order chi connectivity index (χ1) is 10.5. The highest BCUT2D eigenvalue weighted by Gasteiger charge is 2.14. The Morgan fingerprint density at radius 1 is 1.27 bits per heavy atom. The van der Waals surface area contributed by atoms with Crippen LogP contribution in [0.4, 0.5) is 5.69 Å². The van der Waals surface area contributed by atoms with Crippen molar-refractivity contribution < 1.29 is 15.0 Å². The molecule has 0 aliphatic rings. The largest absolute Gasteiger partial charge is 0.508 e. The van der Waals surface area contributed by atoms with Crippen LogP contribution in [0.2, 0.25) is 0 Å². The summed E-state index contributed by atoms with van der Waals surface area (Å²) in [6, 6.07) is 14.3. The van der Waals surface area contributed by atoms with E-state index in [4.69, 9.17) is 0 Å². The van der Waals surface area contributed by atoms with E-state index in [1.807, 2.05) is 30.3 Å². The molecular weight excluding hydrogens is 278 g/mol. The van der Waals surface area contributed by atoms with E-state index in [1.165, 1.54) is 23.1 Å². The highest BCUT2D eigenvalue weighted by Crippen LogP contribution is 2.28. The molecular formula is C18H19NO3. The summed E-state index contributed by atoms with van der Waals surface area (Å²) in [7, 11) is 1.59. The second-order valence-electron chi connectivity index (χ2n) is 5.09. The number of carbonyl (C=O) groups is 1. The van der Waals surface area contributed by atoms with Crippen LogP contribution in [0.5, 0.6) is 5.75 Å². The molecule has 114 valence electrons. The molecule has 4 heteroatoms. The fraction of sp³-hybridized carbons (Fsp3) is 0.167. The quantitative estimate of drug-likeness (QED) is 0.834. The summed E-state index contributed by atoms with van der Waals surface area (Å²) in [6.45, 7) is 3.44. The third kappa shape index (κ3) is 3.74. The van der Waals surface area contributed by atoms with Crippen LogP contribution < -0.4 is 4.90 Å². The zero-order valence-corrected chi connectivity index (χ0v) is 12.4. The van der Waals surface area contributed by atoms with E-state index < -0.39 is 6.10 Å². The fourth-order valence-electron chi connectivity index (χ4n) is 2.22. The molecule has 2 rings (SSSR count). The molecule has 0 saturated carbocycles.